The van der Waals surface area contributed by atoms with E-state index in [1.807, 2.05) is 34.6 Å². The fourth-order valence-corrected chi connectivity index (χ4v) is 1.75. The van der Waals surface area contributed by atoms with Crippen LogP contribution in [-0.4, -0.2) is 28.2 Å². The van der Waals surface area contributed by atoms with Gasteiger partial charge in [0.15, 0.2) is 0 Å². The molecule has 74 valence electrons. The highest BCUT2D eigenvalue weighted by atomic mass is 16.2. The van der Waals surface area contributed by atoms with Crippen molar-refractivity contribution in [2.75, 3.05) is 0 Å². The number of carbonyl (C=O) groups is 2. The number of nitrogens with zero attached hydrogens (tertiary/aromatic N) is 1. The molecular weight excluding hydrogens is 166 g/mol. The minimum atomic E-state index is -0.328. The van der Waals surface area contributed by atoms with E-state index >= 15 is 0 Å². The van der Waals surface area contributed by atoms with Gasteiger partial charge in [-0.2, -0.15) is 0 Å². The van der Waals surface area contributed by atoms with Gasteiger partial charge in [-0.15, -0.1) is 0 Å². The van der Waals surface area contributed by atoms with E-state index in [1.165, 1.54) is 0 Å². The van der Waals surface area contributed by atoms with Gasteiger partial charge >= 0.3 is 0 Å². The number of amides is 1. The van der Waals surface area contributed by atoms with Gasteiger partial charge in [-0.3, -0.25) is 9.59 Å². The first kappa shape index (κ1) is 10.2. The van der Waals surface area contributed by atoms with E-state index in [4.69, 9.17) is 0 Å². The van der Waals surface area contributed by atoms with Gasteiger partial charge in [-0.1, -0.05) is 13.8 Å². The summed E-state index contributed by atoms with van der Waals surface area (Å²) in [4.78, 5) is 24.2. The highest BCUT2D eigenvalue weighted by Gasteiger charge is 2.52. The zero-order valence-electron chi connectivity index (χ0n) is 8.92. The highest BCUT2D eigenvalue weighted by molar-refractivity contribution is 6.44. The molecule has 0 aromatic carbocycles. The Balaban J connectivity index is 2.87. The standard InChI is InChI=1S/C10H17NO2/c1-6(2)7-8(12)9(13)11(7)10(3,4)5/h6-7H,1-5H3. The Labute approximate surface area is 79.1 Å². The second-order valence-electron chi connectivity index (χ2n) is 4.90. The molecule has 1 amide bonds. The van der Waals surface area contributed by atoms with Crippen molar-refractivity contribution >= 4 is 11.7 Å². The maximum absolute atomic E-state index is 11.3. The van der Waals surface area contributed by atoms with Gasteiger partial charge in [0.25, 0.3) is 5.91 Å². The van der Waals surface area contributed by atoms with Gasteiger partial charge in [0.1, 0.15) is 6.04 Å². The summed E-state index contributed by atoms with van der Waals surface area (Å²) < 4.78 is 0. The van der Waals surface area contributed by atoms with Crippen LogP contribution < -0.4 is 0 Å². The molecule has 1 heterocycles. The molecule has 1 rings (SSSR count). The van der Waals surface area contributed by atoms with E-state index in [-0.39, 0.29) is 29.2 Å². The van der Waals surface area contributed by atoms with Crippen molar-refractivity contribution in [2.45, 2.75) is 46.2 Å². The van der Waals surface area contributed by atoms with Crippen LogP contribution in [0, 0.1) is 5.92 Å². The summed E-state index contributed by atoms with van der Waals surface area (Å²) in [5, 5.41) is 0. The molecule has 0 bridgehead atoms. The van der Waals surface area contributed by atoms with Crippen molar-refractivity contribution < 1.29 is 9.59 Å². The zero-order valence-corrected chi connectivity index (χ0v) is 8.92. The average Bonchev–Trinajstić information content (AvgIpc) is 1.94. The van der Waals surface area contributed by atoms with Crippen LogP contribution in [0.15, 0.2) is 0 Å². The summed E-state index contributed by atoms with van der Waals surface area (Å²) >= 11 is 0. The van der Waals surface area contributed by atoms with Crippen LogP contribution >= 0.6 is 0 Å². The number of Topliss-reactive ketones (excluding diaryl/α,β-unsaturated/α-hetero) is 1. The van der Waals surface area contributed by atoms with Crippen LogP contribution in [0.3, 0.4) is 0 Å². The highest BCUT2D eigenvalue weighted by Crippen LogP contribution is 2.30. The number of ketones is 1. The molecule has 1 saturated heterocycles. The van der Waals surface area contributed by atoms with E-state index in [2.05, 4.69) is 0 Å². The lowest BCUT2D eigenvalue weighted by Gasteiger charge is -2.49. The van der Waals surface area contributed by atoms with Gasteiger partial charge in [-0.25, -0.2) is 0 Å². The van der Waals surface area contributed by atoms with E-state index in [1.54, 1.807) is 4.90 Å². The molecule has 1 fully saturated rings. The Bertz CT molecular complexity index is 250. The van der Waals surface area contributed by atoms with Crippen LogP contribution in [-0.2, 0) is 9.59 Å². The van der Waals surface area contributed by atoms with Crippen molar-refractivity contribution in [1.82, 2.24) is 4.90 Å². The van der Waals surface area contributed by atoms with Crippen molar-refractivity contribution in [3.05, 3.63) is 0 Å². The fraction of sp³-hybridized carbons (Fsp3) is 0.800. The lowest BCUT2D eigenvalue weighted by molar-refractivity contribution is -0.169. The molecule has 1 aliphatic rings. The average molecular weight is 183 g/mol. The molecule has 1 unspecified atom stereocenters. The largest absolute Gasteiger partial charge is 0.320 e. The van der Waals surface area contributed by atoms with E-state index in [0.717, 1.165) is 0 Å². The summed E-state index contributed by atoms with van der Waals surface area (Å²) in [7, 11) is 0. The Morgan fingerprint density at radius 2 is 1.69 bits per heavy atom. The predicted octanol–water partition coefficient (Wildman–Crippen LogP) is 1.22. The van der Waals surface area contributed by atoms with Crippen LogP contribution in [0.2, 0.25) is 0 Å². The molecule has 0 spiro atoms. The third-order valence-corrected chi connectivity index (χ3v) is 2.33. The van der Waals surface area contributed by atoms with E-state index in [0.29, 0.717) is 0 Å². The number of likely N-dealkylation sites (tertiary alicyclic amines) is 1. The van der Waals surface area contributed by atoms with Crippen LogP contribution in [0.25, 0.3) is 0 Å². The molecule has 1 atom stereocenters. The Hall–Kier alpha value is -0.860. The molecule has 3 nitrogen and oxygen atoms in total. The summed E-state index contributed by atoms with van der Waals surface area (Å²) in [6.07, 6.45) is 0. The van der Waals surface area contributed by atoms with Crippen molar-refractivity contribution in [3.63, 3.8) is 0 Å². The van der Waals surface area contributed by atoms with Crippen LogP contribution in [0.1, 0.15) is 34.6 Å². The van der Waals surface area contributed by atoms with E-state index in [9.17, 15) is 9.59 Å². The van der Waals surface area contributed by atoms with Gasteiger partial charge < -0.3 is 4.90 Å². The summed E-state index contributed by atoms with van der Waals surface area (Å²) in [6.45, 7) is 9.79. The normalized spacial score (nSPS) is 23.8. The molecule has 13 heavy (non-hydrogen) atoms. The first-order chi connectivity index (χ1) is 5.76. The molecule has 1 aliphatic heterocycles. The van der Waals surface area contributed by atoms with Crippen molar-refractivity contribution in [3.8, 4) is 0 Å². The molecule has 3 heteroatoms. The Morgan fingerprint density at radius 3 is 1.92 bits per heavy atom. The number of hydrogen-bond acceptors (Lipinski definition) is 2. The topological polar surface area (TPSA) is 37.4 Å². The van der Waals surface area contributed by atoms with Crippen LogP contribution in [0.5, 0.6) is 0 Å². The Morgan fingerprint density at radius 1 is 1.23 bits per heavy atom. The summed E-state index contributed by atoms with van der Waals surface area (Å²) in [5.41, 5.74) is -0.236. The predicted molar refractivity (Wildman–Crippen MR) is 50.2 cm³/mol. The number of β-lactam (4-membered cyclic amide) rings is 1. The summed E-state index contributed by atoms with van der Waals surface area (Å²) in [6, 6.07) is -0.201. The second-order valence-corrected chi connectivity index (χ2v) is 4.90. The summed E-state index contributed by atoms with van der Waals surface area (Å²) in [5.74, 6) is -0.347. The fourth-order valence-electron chi connectivity index (χ4n) is 1.75. The van der Waals surface area contributed by atoms with Gasteiger partial charge in [0.05, 0.1) is 0 Å². The molecule has 0 aliphatic carbocycles. The smallest absolute Gasteiger partial charge is 0.293 e. The molecule has 0 saturated carbocycles. The maximum Gasteiger partial charge on any atom is 0.293 e. The minimum absolute atomic E-state index is 0.201. The minimum Gasteiger partial charge on any atom is -0.320 e. The molecule has 0 N–H and O–H groups in total. The first-order valence-corrected chi connectivity index (χ1v) is 4.64. The lowest BCUT2D eigenvalue weighted by Crippen LogP contribution is -2.69. The Kier molecular flexibility index (Phi) is 2.22. The number of hydrogen-bond donors (Lipinski definition) is 0. The van der Waals surface area contributed by atoms with E-state index < -0.39 is 0 Å². The zero-order chi connectivity index (χ0) is 10.4. The number of rotatable bonds is 1. The second kappa shape index (κ2) is 2.82. The lowest BCUT2D eigenvalue weighted by atomic mass is 9.84. The third kappa shape index (κ3) is 1.47. The molecule has 0 aromatic rings. The maximum atomic E-state index is 11.3. The SMILES string of the molecule is CC(C)C1C(=O)C(=O)N1C(C)(C)C. The monoisotopic (exact) mass is 183 g/mol. The molecular formula is C10H17NO2. The molecule has 0 aromatic heterocycles. The quantitative estimate of drug-likeness (QED) is 0.453. The third-order valence-electron chi connectivity index (χ3n) is 2.33. The van der Waals surface area contributed by atoms with Gasteiger partial charge in [0.2, 0.25) is 5.78 Å². The van der Waals surface area contributed by atoms with Crippen molar-refractivity contribution in [2.24, 2.45) is 5.92 Å². The first-order valence-electron chi connectivity index (χ1n) is 4.64. The number of carbonyl (C=O) groups excluding carboxylic acids is 2. The van der Waals surface area contributed by atoms with Crippen LogP contribution in [0.4, 0.5) is 0 Å². The molecule has 0 radical (unpaired) electrons. The van der Waals surface area contributed by atoms with Gasteiger partial charge in [-0.05, 0) is 26.7 Å². The van der Waals surface area contributed by atoms with Crippen molar-refractivity contribution in [1.29, 1.82) is 0 Å². The van der Waals surface area contributed by atoms with Gasteiger partial charge in [0, 0.05) is 5.54 Å².